The Hall–Kier alpha value is -1.67. The molecular weight excluding hydrogens is 226 g/mol. The molecule has 0 spiro atoms. The molecule has 1 aromatic heterocycles. The van der Waals surface area contributed by atoms with Gasteiger partial charge in [0.25, 0.3) is 0 Å². The fraction of sp³-hybridized carbons (Fsp3) is 0.615. The Balaban J connectivity index is 1.92. The van der Waals surface area contributed by atoms with E-state index >= 15 is 0 Å². The zero-order chi connectivity index (χ0) is 13.0. The van der Waals surface area contributed by atoms with Crippen molar-refractivity contribution < 1.29 is 0 Å². The van der Waals surface area contributed by atoms with Crippen LogP contribution in [0.25, 0.3) is 0 Å². The first-order valence-electron chi connectivity index (χ1n) is 6.31. The summed E-state index contributed by atoms with van der Waals surface area (Å²) < 4.78 is 0. The van der Waals surface area contributed by atoms with E-state index in [2.05, 4.69) is 34.4 Å². The van der Waals surface area contributed by atoms with Crippen LogP contribution < -0.4 is 10.6 Å². The predicted octanol–water partition coefficient (Wildman–Crippen LogP) is 1.54. The molecule has 5 heteroatoms. The van der Waals surface area contributed by atoms with Crippen molar-refractivity contribution in [2.45, 2.75) is 32.7 Å². The van der Waals surface area contributed by atoms with E-state index in [1.54, 1.807) is 6.20 Å². The van der Waals surface area contributed by atoms with Gasteiger partial charge in [-0.1, -0.05) is 13.8 Å². The molecule has 18 heavy (non-hydrogen) atoms. The summed E-state index contributed by atoms with van der Waals surface area (Å²) in [4.78, 5) is 8.15. The maximum atomic E-state index is 8.65. The molecule has 0 aliphatic carbocycles. The molecule has 1 aliphatic heterocycles. The minimum absolute atomic E-state index is 0.297. The zero-order valence-corrected chi connectivity index (χ0v) is 10.9. The Morgan fingerprint density at radius 2 is 2.33 bits per heavy atom. The van der Waals surface area contributed by atoms with Crippen LogP contribution >= 0.6 is 0 Å². The number of hydrogen-bond donors (Lipinski definition) is 2. The van der Waals surface area contributed by atoms with Gasteiger partial charge in [0.05, 0.1) is 12.4 Å². The number of aromatic nitrogens is 2. The number of hydrogen-bond acceptors (Lipinski definition) is 5. The SMILES string of the molecule is CC1(C)CCCNC1CNc1cnc(C#N)cn1. The third-order valence-corrected chi connectivity index (χ3v) is 3.59. The Kier molecular flexibility index (Phi) is 3.78. The largest absolute Gasteiger partial charge is 0.367 e. The minimum atomic E-state index is 0.297. The first kappa shape index (κ1) is 12.8. The number of rotatable bonds is 3. The number of nitriles is 1. The second-order valence-electron chi connectivity index (χ2n) is 5.38. The lowest BCUT2D eigenvalue weighted by molar-refractivity contribution is 0.188. The summed E-state index contributed by atoms with van der Waals surface area (Å²) in [5, 5.41) is 15.5. The molecule has 0 bridgehead atoms. The minimum Gasteiger partial charge on any atom is -0.367 e. The quantitative estimate of drug-likeness (QED) is 0.845. The molecule has 0 radical (unpaired) electrons. The maximum Gasteiger partial charge on any atom is 0.158 e. The second kappa shape index (κ2) is 5.32. The molecule has 0 saturated carbocycles. The van der Waals surface area contributed by atoms with Gasteiger partial charge < -0.3 is 10.6 Å². The molecule has 1 atom stereocenters. The molecule has 2 heterocycles. The van der Waals surface area contributed by atoms with Gasteiger partial charge in [0.2, 0.25) is 0 Å². The monoisotopic (exact) mass is 245 g/mol. The molecule has 5 nitrogen and oxygen atoms in total. The third kappa shape index (κ3) is 2.96. The number of piperidine rings is 1. The van der Waals surface area contributed by atoms with Crippen molar-refractivity contribution in [3.8, 4) is 6.07 Å². The Morgan fingerprint density at radius 3 is 2.94 bits per heavy atom. The summed E-state index contributed by atoms with van der Waals surface area (Å²) >= 11 is 0. The molecule has 1 unspecified atom stereocenters. The van der Waals surface area contributed by atoms with E-state index in [0.717, 1.165) is 18.9 Å². The van der Waals surface area contributed by atoms with Crippen LogP contribution in [0.4, 0.5) is 5.82 Å². The summed E-state index contributed by atoms with van der Waals surface area (Å²) in [6.07, 6.45) is 5.57. The maximum absolute atomic E-state index is 8.65. The van der Waals surface area contributed by atoms with Crippen LogP contribution in [0.1, 0.15) is 32.4 Å². The van der Waals surface area contributed by atoms with Gasteiger partial charge in [-0.05, 0) is 24.8 Å². The van der Waals surface area contributed by atoms with Crippen molar-refractivity contribution in [3.05, 3.63) is 18.1 Å². The summed E-state index contributed by atoms with van der Waals surface area (Å²) in [6, 6.07) is 2.39. The highest BCUT2D eigenvalue weighted by Crippen LogP contribution is 2.29. The van der Waals surface area contributed by atoms with Crippen LogP contribution in [0, 0.1) is 16.7 Å². The second-order valence-corrected chi connectivity index (χ2v) is 5.38. The van der Waals surface area contributed by atoms with Crippen LogP contribution in [0.3, 0.4) is 0 Å². The third-order valence-electron chi connectivity index (χ3n) is 3.59. The van der Waals surface area contributed by atoms with E-state index in [9.17, 15) is 0 Å². The number of anilines is 1. The average molecular weight is 245 g/mol. The molecule has 0 aromatic carbocycles. The Bertz CT molecular complexity index is 432. The first-order chi connectivity index (χ1) is 8.62. The van der Waals surface area contributed by atoms with Crippen LogP contribution in [-0.4, -0.2) is 29.1 Å². The lowest BCUT2D eigenvalue weighted by Crippen LogP contribution is -2.50. The van der Waals surface area contributed by atoms with E-state index in [0.29, 0.717) is 17.2 Å². The summed E-state index contributed by atoms with van der Waals surface area (Å²) in [7, 11) is 0. The normalized spacial score (nSPS) is 22.2. The van der Waals surface area contributed by atoms with Gasteiger partial charge in [-0.15, -0.1) is 0 Å². The molecule has 1 aromatic rings. The van der Waals surface area contributed by atoms with Crippen LogP contribution in [-0.2, 0) is 0 Å². The van der Waals surface area contributed by atoms with E-state index in [1.807, 2.05) is 6.07 Å². The van der Waals surface area contributed by atoms with Crippen molar-refractivity contribution in [2.75, 3.05) is 18.4 Å². The van der Waals surface area contributed by atoms with Crippen molar-refractivity contribution in [1.82, 2.24) is 15.3 Å². The Morgan fingerprint density at radius 1 is 1.50 bits per heavy atom. The van der Waals surface area contributed by atoms with Gasteiger partial charge in [0.1, 0.15) is 11.9 Å². The number of nitrogens with zero attached hydrogens (tertiary/aromatic N) is 3. The average Bonchev–Trinajstić information content (AvgIpc) is 2.38. The molecule has 2 N–H and O–H groups in total. The topological polar surface area (TPSA) is 73.6 Å². The molecular formula is C13H19N5. The van der Waals surface area contributed by atoms with Gasteiger partial charge in [-0.2, -0.15) is 5.26 Å². The highest BCUT2D eigenvalue weighted by Gasteiger charge is 2.31. The Labute approximate surface area is 108 Å². The molecule has 2 rings (SSSR count). The van der Waals surface area contributed by atoms with Crippen molar-refractivity contribution in [2.24, 2.45) is 5.41 Å². The molecule has 0 amide bonds. The van der Waals surface area contributed by atoms with Crippen molar-refractivity contribution >= 4 is 5.82 Å². The molecule has 1 aliphatic rings. The zero-order valence-electron chi connectivity index (χ0n) is 10.9. The van der Waals surface area contributed by atoms with Crippen LogP contribution in [0.5, 0.6) is 0 Å². The standard InChI is InChI=1S/C13H19N5/c1-13(2)4-3-5-15-11(13)8-18-12-9-16-10(6-14)7-17-12/h7,9,11,15H,3-5,8H2,1-2H3,(H,17,18). The van der Waals surface area contributed by atoms with Crippen LogP contribution in [0.15, 0.2) is 12.4 Å². The smallest absolute Gasteiger partial charge is 0.158 e. The lowest BCUT2D eigenvalue weighted by atomic mass is 9.77. The van der Waals surface area contributed by atoms with E-state index in [-0.39, 0.29) is 0 Å². The number of nitrogens with one attached hydrogen (secondary N) is 2. The summed E-state index contributed by atoms with van der Waals surface area (Å²) in [5.41, 5.74) is 0.641. The van der Waals surface area contributed by atoms with E-state index in [1.165, 1.54) is 19.0 Å². The predicted molar refractivity (Wildman–Crippen MR) is 70.0 cm³/mol. The highest BCUT2D eigenvalue weighted by atomic mass is 15.1. The molecule has 1 fully saturated rings. The lowest BCUT2D eigenvalue weighted by Gasteiger charge is -2.39. The highest BCUT2D eigenvalue weighted by molar-refractivity contribution is 5.33. The van der Waals surface area contributed by atoms with Gasteiger partial charge in [-0.3, -0.25) is 0 Å². The van der Waals surface area contributed by atoms with Crippen LogP contribution in [0.2, 0.25) is 0 Å². The van der Waals surface area contributed by atoms with Gasteiger partial charge in [-0.25, -0.2) is 9.97 Å². The molecule has 96 valence electrons. The summed E-state index contributed by atoms with van der Waals surface area (Å²) in [6.45, 7) is 6.48. The first-order valence-corrected chi connectivity index (χ1v) is 6.31. The van der Waals surface area contributed by atoms with E-state index in [4.69, 9.17) is 5.26 Å². The summed E-state index contributed by atoms with van der Waals surface area (Å²) in [5.74, 6) is 0.720. The van der Waals surface area contributed by atoms with Gasteiger partial charge in [0.15, 0.2) is 5.69 Å². The van der Waals surface area contributed by atoms with Crippen molar-refractivity contribution in [3.63, 3.8) is 0 Å². The fourth-order valence-corrected chi connectivity index (χ4v) is 2.30. The fourth-order valence-electron chi connectivity index (χ4n) is 2.30. The van der Waals surface area contributed by atoms with Gasteiger partial charge in [0, 0.05) is 12.6 Å². The van der Waals surface area contributed by atoms with Gasteiger partial charge >= 0.3 is 0 Å². The molecule has 1 saturated heterocycles. The van der Waals surface area contributed by atoms with E-state index < -0.39 is 0 Å². The van der Waals surface area contributed by atoms with Crippen molar-refractivity contribution in [1.29, 1.82) is 5.26 Å².